The van der Waals surface area contributed by atoms with Gasteiger partial charge in [-0.15, -0.1) is 11.3 Å². The molecule has 0 radical (unpaired) electrons. The average molecular weight is 363 g/mol. The van der Waals surface area contributed by atoms with Gasteiger partial charge in [0.25, 0.3) is 0 Å². The van der Waals surface area contributed by atoms with E-state index < -0.39 is 0 Å². The van der Waals surface area contributed by atoms with Gasteiger partial charge in [0.15, 0.2) is 0 Å². The number of hydrogen-bond donors (Lipinski definition) is 0. The fourth-order valence-corrected chi connectivity index (χ4v) is 5.10. The Morgan fingerprint density at radius 3 is 2.38 bits per heavy atom. The standard InChI is InChI=1S/C20H26O2S2/c1-19(2,3)15-5-7-17(8-6-15)24-18-13-16(14-23-18)20(21-4)9-11-22-12-10-20/h5-8,13-14H,9-12H2,1-4H3. The van der Waals surface area contributed by atoms with E-state index >= 15 is 0 Å². The molecule has 1 aromatic heterocycles. The van der Waals surface area contributed by atoms with E-state index in [1.54, 1.807) is 11.3 Å². The van der Waals surface area contributed by atoms with Crippen molar-refractivity contribution in [2.24, 2.45) is 0 Å². The molecule has 0 aliphatic carbocycles. The topological polar surface area (TPSA) is 18.5 Å². The van der Waals surface area contributed by atoms with Crippen molar-refractivity contribution in [2.75, 3.05) is 20.3 Å². The number of methoxy groups -OCH3 is 1. The molecule has 0 saturated carbocycles. The van der Waals surface area contributed by atoms with Crippen molar-refractivity contribution >= 4 is 23.1 Å². The molecule has 1 aromatic carbocycles. The Morgan fingerprint density at radius 1 is 1.12 bits per heavy atom. The minimum Gasteiger partial charge on any atom is -0.381 e. The van der Waals surface area contributed by atoms with Crippen LogP contribution in [0.5, 0.6) is 0 Å². The molecule has 1 saturated heterocycles. The lowest BCUT2D eigenvalue weighted by Gasteiger charge is -2.35. The van der Waals surface area contributed by atoms with Crippen molar-refractivity contribution in [2.45, 2.75) is 53.7 Å². The van der Waals surface area contributed by atoms with Gasteiger partial charge in [-0.3, -0.25) is 0 Å². The van der Waals surface area contributed by atoms with E-state index in [4.69, 9.17) is 9.47 Å². The molecule has 3 rings (SSSR count). The summed E-state index contributed by atoms with van der Waals surface area (Å²) in [5.74, 6) is 0. The molecule has 4 heteroatoms. The van der Waals surface area contributed by atoms with Crippen LogP contribution in [0.3, 0.4) is 0 Å². The van der Waals surface area contributed by atoms with Gasteiger partial charge >= 0.3 is 0 Å². The molecular formula is C20H26O2S2. The Bertz CT molecular complexity index is 662. The first-order chi connectivity index (χ1) is 11.4. The summed E-state index contributed by atoms with van der Waals surface area (Å²) in [6, 6.07) is 11.2. The molecule has 1 fully saturated rings. The van der Waals surface area contributed by atoms with Gasteiger partial charge < -0.3 is 9.47 Å². The second kappa shape index (κ2) is 7.20. The number of benzene rings is 1. The molecule has 0 bridgehead atoms. The van der Waals surface area contributed by atoms with E-state index in [0.717, 1.165) is 26.1 Å². The Morgan fingerprint density at radius 2 is 1.79 bits per heavy atom. The van der Waals surface area contributed by atoms with Crippen molar-refractivity contribution in [3.8, 4) is 0 Å². The highest BCUT2D eigenvalue weighted by Crippen LogP contribution is 2.41. The second-order valence-corrected chi connectivity index (χ2v) is 9.63. The highest BCUT2D eigenvalue weighted by molar-refractivity contribution is 8.01. The molecule has 1 aliphatic rings. The van der Waals surface area contributed by atoms with Gasteiger partial charge in [0.05, 0.1) is 9.81 Å². The number of hydrogen-bond acceptors (Lipinski definition) is 4. The fourth-order valence-electron chi connectivity index (χ4n) is 3.06. The zero-order valence-corrected chi connectivity index (χ0v) is 16.6. The summed E-state index contributed by atoms with van der Waals surface area (Å²) in [4.78, 5) is 1.29. The number of thiophene rings is 1. The smallest absolute Gasteiger partial charge is 0.0979 e. The quantitative estimate of drug-likeness (QED) is 0.680. The van der Waals surface area contributed by atoms with Crippen LogP contribution in [0.4, 0.5) is 0 Å². The van der Waals surface area contributed by atoms with Gasteiger partial charge in [-0.25, -0.2) is 0 Å². The Kier molecular flexibility index (Phi) is 5.40. The van der Waals surface area contributed by atoms with E-state index in [9.17, 15) is 0 Å². The van der Waals surface area contributed by atoms with Crippen LogP contribution in [0, 0.1) is 0 Å². The summed E-state index contributed by atoms with van der Waals surface area (Å²) in [5.41, 5.74) is 2.71. The molecule has 24 heavy (non-hydrogen) atoms. The van der Waals surface area contributed by atoms with E-state index in [-0.39, 0.29) is 11.0 Å². The lowest BCUT2D eigenvalue weighted by atomic mass is 9.87. The minimum absolute atomic E-state index is 0.163. The van der Waals surface area contributed by atoms with Crippen LogP contribution in [-0.4, -0.2) is 20.3 Å². The normalized spacial score (nSPS) is 17.8. The van der Waals surface area contributed by atoms with Crippen molar-refractivity contribution in [1.29, 1.82) is 0 Å². The van der Waals surface area contributed by atoms with E-state index in [2.05, 4.69) is 56.5 Å². The third kappa shape index (κ3) is 3.88. The van der Waals surface area contributed by atoms with Gasteiger partial charge in [-0.05, 0) is 40.1 Å². The summed E-state index contributed by atoms with van der Waals surface area (Å²) >= 11 is 3.64. The molecule has 0 atom stereocenters. The van der Waals surface area contributed by atoms with Crippen LogP contribution in [0.1, 0.15) is 44.7 Å². The van der Waals surface area contributed by atoms with Crippen LogP contribution < -0.4 is 0 Å². The highest BCUT2D eigenvalue weighted by atomic mass is 32.2. The van der Waals surface area contributed by atoms with Crippen molar-refractivity contribution < 1.29 is 9.47 Å². The molecule has 0 N–H and O–H groups in total. The first kappa shape index (κ1) is 18.0. The summed E-state index contributed by atoms with van der Waals surface area (Å²) in [5, 5.41) is 2.25. The third-order valence-corrected chi connectivity index (χ3v) is 6.82. The maximum Gasteiger partial charge on any atom is 0.0979 e. The first-order valence-electron chi connectivity index (χ1n) is 8.43. The molecule has 0 unspecified atom stereocenters. The van der Waals surface area contributed by atoms with E-state index in [1.807, 2.05) is 18.9 Å². The molecule has 0 spiro atoms. The maximum absolute atomic E-state index is 5.90. The average Bonchev–Trinajstić information content (AvgIpc) is 3.04. The van der Waals surface area contributed by atoms with Gasteiger partial charge in [-0.1, -0.05) is 44.7 Å². The largest absolute Gasteiger partial charge is 0.381 e. The maximum atomic E-state index is 5.90. The molecule has 2 nitrogen and oxygen atoms in total. The summed E-state index contributed by atoms with van der Waals surface area (Å²) in [7, 11) is 1.82. The summed E-state index contributed by atoms with van der Waals surface area (Å²) < 4.78 is 12.7. The van der Waals surface area contributed by atoms with Gasteiger partial charge in [-0.2, -0.15) is 0 Å². The van der Waals surface area contributed by atoms with Crippen LogP contribution in [-0.2, 0) is 20.5 Å². The highest BCUT2D eigenvalue weighted by Gasteiger charge is 2.35. The molecule has 130 valence electrons. The summed E-state index contributed by atoms with van der Waals surface area (Å²) in [6.07, 6.45) is 1.87. The van der Waals surface area contributed by atoms with Gasteiger partial charge in [0, 0.05) is 38.1 Å². The molecular weight excluding hydrogens is 336 g/mol. The first-order valence-corrected chi connectivity index (χ1v) is 10.1. The zero-order chi connectivity index (χ0) is 17.2. The van der Waals surface area contributed by atoms with E-state index in [0.29, 0.717) is 0 Å². The lowest BCUT2D eigenvalue weighted by molar-refractivity contribution is -0.0946. The SMILES string of the molecule is COC1(c2csc(Sc3ccc(C(C)(C)C)cc3)c2)CCOCC1. The van der Waals surface area contributed by atoms with Crippen molar-refractivity contribution in [3.63, 3.8) is 0 Å². The predicted octanol–water partition coefficient (Wildman–Crippen LogP) is 5.85. The van der Waals surface area contributed by atoms with E-state index in [1.165, 1.54) is 20.2 Å². The predicted molar refractivity (Wildman–Crippen MR) is 102 cm³/mol. The Labute approximate surface area is 153 Å². The van der Waals surface area contributed by atoms with Crippen molar-refractivity contribution in [1.82, 2.24) is 0 Å². The van der Waals surface area contributed by atoms with Gasteiger partial charge in [0.1, 0.15) is 0 Å². The Hall–Kier alpha value is -0.810. The van der Waals surface area contributed by atoms with Crippen LogP contribution >= 0.6 is 23.1 Å². The molecule has 1 aliphatic heterocycles. The van der Waals surface area contributed by atoms with Gasteiger partial charge in [0.2, 0.25) is 0 Å². The monoisotopic (exact) mass is 362 g/mol. The van der Waals surface area contributed by atoms with Crippen molar-refractivity contribution in [3.05, 3.63) is 46.8 Å². The fraction of sp³-hybridized carbons (Fsp3) is 0.500. The zero-order valence-electron chi connectivity index (χ0n) is 14.9. The molecule has 2 aromatic rings. The number of ether oxygens (including phenoxy) is 2. The summed E-state index contributed by atoms with van der Waals surface area (Å²) in [6.45, 7) is 8.30. The van der Waals surface area contributed by atoms with Crippen LogP contribution in [0.2, 0.25) is 0 Å². The number of rotatable bonds is 4. The third-order valence-electron chi connectivity index (χ3n) is 4.73. The minimum atomic E-state index is -0.163. The Balaban J connectivity index is 1.74. The lowest BCUT2D eigenvalue weighted by Crippen LogP contribution is -2.35. The molecule has 0 amide bonds. The van der Waals surface area contributed by atoms with Crippen LogP contribution in [0.15, 0.2) is 44.8 Å². The molecule has 2 heterocycles. The van der Waals surface area contributed by atoms with Crippen LogP contribution in [0.25, 0.3) is 0 Å². The second-order valence-electron chi connectivity index (χ2n) is 7.34.